The molecule has 0 spiro atoms. The number of ether oxygens (including phenoxy) is 3. The van der Waals surface area contributed by atoms with Gasteiger partial charge in [0.2, 0.25) is 17.6 Å². The van der Waals surface area contributed by atoms with Gasteiger partial charge in [-0.05, 0) is 104 Å². The van der Waals surface area contributed by atoms with Crippen molar-refractivity contribution in [1.29, 1.82) is 0 Å². The van der Waals surface area contributed by atoms with Crippen LogP contribution in [-0.4, -0.2) is 60.9 Å². The van der Waals surface area contributed by atoms with Gasteiger partial charge in [-0.1, -0.05) is 59.1 Å². The number of fused-ring (bicyclic) bond motifs is 4. The van der Waals surface area contributed by atoms with E-state index in [1.807, 2.05) is 12.2 Å². The minimum absolute atomic E-state index is 0.0669. The lowest BCUT2D eigenvalue weighted by molar-refractivity contribution is -0.139. The van der Waals surface area contributed by atoms with Gasteiger partial charge in [0.15, 0.2) is 17.3 Å². The zero-order valence-corrected chi connectivity index (χ0v) is 33.9. The Hall–Kier alpha value is -6.11. The van der Waals surface area contributed by atoms with Gasteiger partial charge < -0.3 is 19.3 Å². The smallest absolute Gasteiger partial charge is 0.260 e. The Bertz CT molecular complexity index is 2460. The first kappa shape index (κ1) is 39.7. The summed E-state index contributed by atoms with van der Waals surface area (Å²) in [5, 5.41) is 12.2. The lowest BCUT2D eigenvalue weighted by atomic mass is 9.50. The van der Waals surface area contributed by atoms with Crippen LogP contribution in [0.2, 0.25) is 10.0 Å². The molecule has 2 aliphatic heterocycles. The lowest BCUT2D eigenvalue weighted by Crippen LogP contribution is -2.54. The van der Waals surface area contributed by atoms with Crippen molar-refractivity contribution in [3.05, 3.63) is 123 Å². The van der Waals surface area contributed by atoms with Crippen LogP contribution in [0.25, 0.3) is 6.08 Å². The van der Waals surface area contributed by atoms with Gasteiger partial charge in [-0.25, -0.2) is 0 Å². The van der Waals surface area contributed by atoms with Crippen LogP contribution in [0.4, 0.5) is 11.4 Å². The summed E-state index contributed by atoms with van der Waals surface area (Å²) in [7, 11) is 4.36. The highest BCUT2D eigenvalue weighted by atomic mass is 35.5. The molecule has 12 nitrogen and oxygen atoms in total. The van der Waals surface area contributed by atoms with Crippen LogP contribution in [-0.2, 0) is 24.6 Å². The van der Waals surface area contributed by atoms with Crippen LogP contribution in [0.1, 0.15) is 41.3 Å². The number of carbonyl (C=O) groups excluding carboxylic acids is 5. The number of nitrogens with one attached hydrogen (secondary N) is 1. The number of amides is 4. The highest BCUT2D eigenvalue weighted by Gasteiger charge is 2.69. The molecule has 14 heteroatoms. The van der Waals surface area contributed by atoms with Crippen LogP contribution >= 0.6 is 23.2 Å². The molecule has 0 aromatic heterocycles. The fourth-order valence-electron chi connectivity index (χ4n) is 9.41. The zero-order valence-electron chi connectivity index (χ0n) is 32.4. The maximum Gasteiger partial charge on any atom is 0.260 e. The summed E-state index contributed by atoms with van der Waals surface area (Å²) in [6.07, 6.45) is 5.82. The number of imide groups is 2. The number of hydrogen-bond donors (Lipinski definition) is 2. The topological polar surface area (TPSA) is 152 Å². The predicted molar refractivity (Wildman–Crippen MR) is 221 cm³/mol. The number of benzene rings is 4. The summed E-state index contributed by atoms with van der Waals surface area (Å²) in [6, 6.07) is 21.2. The van der Waals surface area contributed by atoms with Crippen molar-refractivity contribution < 1.29 is 43.3 Å². The molecule has 6 atom stereocenters. The van der Waals surface area contributed by atoms with Gasteiger partial charge in [-0.2, -0.15) is 5.01 Å². The molecule has 2 N–H and O–H groups in total. The van der Waals surface area contributed by atoms with Gasteiger partial charge in [0, 0.05) is 16.5 Å². The molecule has 4 aromatic carbocycles. The molecule has 0 radical (unpaired) electrons. The van der Waals surface area contributed by atoms with E-state index in [0.29, 0.717) is 33.1 Å². The zero-order chi connectivity index (χ0) is 41.9. The number of phenols is 1. The average molecular weight is 837 g/mol. The van der Waals surface area contributed by atoms with E-state index in [4.69, 9.17) is 37.4 Å². The molecule has 302 valence electrons. The van der Waals surface area contributed by atoms with Crippen LogP contribution in [0.3, 0.4) is 0 Å². The Morgan fingerprint density at radius 1 is 0.847 bits per heavy atom. The maximum absolute atomic E-state index is 15.5. The number of Topliss-reactive ketones (excluding diaryl/α,β-unsaturated/α-hetero) is 1. The van der Waals surface area contributed by atoms with E-state index in [2.05, 4.69) is 5.43 Å². The molecule has 0 bridgehead atoms. The van der Waals surface area contributed by atoms with Crippen LogP contribution < -0.4 is 24.5 Å². The third-order valence-corrected chi connectivity index (χ3v) is 12.7. The summed E-state index contributed by atoms with van der Waals surface area (Å²) < 4.78 is 16.3. The van der Waals surface area contributed by atoms with E-state index < -0.39 is 52.7 Å². The molecule has 8 rings (SSSR count). The van der Waals surface area contributed by atoms with Gasteiger partial charge >= 0.3 is 0 Å². The number of carbonyl (C=O) groups is 5. The molecule has 2 heterocycles. The average Bonchev–Trinajstić information content (AvgIpc) is 3.62. The second kappa shape index (κ2) is 15.2. The Kier molecular flexibility index (Phi) is 10.3. The molecule has 4 aliphatic rings. The minimum Gasteiger partial charge on any atom is -0.502 e. The molecule has 4 aromatic rings. The Morgan fingerprint density at radius 2 is 1.53 bits per heavy atom. The maximum atomic E-state index is 15.5. The molecule has 3 fully saturated rings. The summed E-state index contributed by atoms with van der Waals surface area (Å²) in [6.45, 7) is 1.44. The predicted octanol–water partition coefficient (Wildman–Crippen LogP) is 7.66. The highest BCUT2D eigenvalue weighted by Crippen LogP contribution is 2.62. The van der Waals surface area contributed by atoms with Gasteiger partial charge in [-0.3, -0.25) is 34.3 Å². The highest BCUT2D eigenvalue weighted by molar-refractivity contribution is 6.36. The van der Waals surface area contributed by atoms with Crippen molar-refractivity contribution in [3.8, 4) is 23.0 Å². The van der Waals surface area contributed by atoms with E-state index in [0.717, 1.165) is 10.6 Å². The number of rotatable bonds is 10. The first-order valence-corrected chi connectivity index (χ1v) is 19.7. The van der Waals surface area contributed by atoms with E-state index in [1.165, 1.54) is 39.2 Å². The van der Waals surface area contributed by atoms with E-state index in [-0.39, 0.29) is 52.5 Å². The van der Waals surface area contributed by atoms with Crippen molar-refractivity contribution in [3.63, 3.8) is 0 Å². The number of halogens is 2. The summed E-state index contributed by atoms with van der Waals surface area (Å²) in [5.74, 6) is -5.45. The van der Waals surface area contributed by atoms with Crippen molar-refractivity contribution in [2.75, 3.05) is 31.7 Å². The Morgan fingerprint density at radius 3 is 2.14 bits per heavy atom. The fourth-order valence-corrected chi connectivity index (χ4v) is 9.86. The van der Waals surface area contributed by atoms with Gasteiger partial charge in [0.1, 0.15) is 5.75 Å². The van der Waals surface area contributed by atoms with Crippen molar-refractivity contribution in [1.82, 2.24) is 5.01 Å². The molecule has 2 aliphatic carbocycles. The molecule has 2 saturated heterocycles. The number of allylic oxidation sites excluding steroid dienone is 3. The Balaban J connectivity index is 1.30. The fraction of sp³-hybridized carbons (Fsp3) is 0.267. The third-order valence-electron chi connectivity index (χ3n) is 12.2. The lowest BCUT2D eigenvalue weighted by Gasteiger charge is -2.49. The number of methoxy groups -OCH3 is 3. The normalized spacial score (nSPS) is 24.8. The summed E-state index contributed by atoms with van der Waals surface area (Å²) >= 11 is 12.8. The second-order valence-electron chi connectivity index (χ2n) is 15.0. The van der Waals surface area contributed by atoms with Gasteiger partial charge in [-0.15, -0.1) is 0 Å². The monoisotopic (exact) mass is 835 g/mol. The molecule has 0 unspecified atom stereocenters. The largest absolute Gasteiger partial charge is 0.502 e. The first-order valence-electron chi connectivity index (χ1n) is 18.9. The molecular formula is C45H39Cl2N3O9. The second-order valence-corrected chi connectivity index (χ2v) is 15.8. The number of hydrogen-bond acceptors (Lipinski definition) is 10. The molecule has 4 amide bonds. The van der Waals surface area contributed by atoms with Crippen molar-refractivity contribution in [2.45, 2.75) is 25.2 Å². The van der Waals surface area contributed by atoms with Crippen LogP contribution in [0.15, 0.2) is 96.6 Å². The molecule has 1 saturated carbocycles. The standard InChI is InChI=1S/C45H39Cl2N3O9/c1-23(51)25-6-11-28(12-7-25)49-41(53)31-16-15-30-32(39(31)43(49)55)22-34-42(54)50(48-36-18-10-27(46)21-35(36)47)44(56)45(34,26-8-13-29(57-2)14-9-26)33(30)17-5-24-19-37(58-3)40(52)38(20-24)59-4/h5-15,17-21,31-34,39,48,52H,16,22H2,1-4H3/t31-,32+,33-,34-,39-,45-/m0/s1. The van der Waals surface area contributed by atoms with Crippen LogP contribution in [0, 0.1) is 29.6 Å². The number of phenolic OH excluding ortho intramolecular Hbond substituents is 1. The molecular weight excluding hydrogens is 797 g/mol. The summed E-state index contributed by atoms with van der Waals surface area (Å²) in [4.78, 5) is 72.5. The number of aromatic hydroxyl groups is 1. The number of ketones is 1. The van der Waals surface area contributed by atoms with E-state index in [9.17, 15) is 24.3 Å². The summed E-state index contributed by atoms with van der Waals surface area (Å²) in [5.41, 5.74) is 4.30. The third kappa shape index (κ3) is 6.33. The van der Waals surface area contributed by atoms with E-state index in [1.54, 1.807) is 78.9 Å². The van der Waals surface area contributed by atoms with Gasteiger partial charge in [0.05, 0.1) is 60.9 Å². The minimum atomic E-state index is -1.57. The number of anilines is 2. The quantitative estimate of drug-likeness (QED) is 0.0926. The Labute approximate surface area is 349 Å². The number of nitrogens with zero attached hydrogens (tertiary/aromatic N) is 2. The van der Waals surface area contributed by atoms with Crippen molar-refractivity contribution >= 4 is 70.1 Å². The SMILES string of the molecule is COc1ccc([C@@]23C(=O)N(Nc4ccc(Cl)cc4Cl)C(=O)[C@@H]2C[C@@H]2C(=CC[C@@H]4C(=O)N(c5ccc(C(C)=O)cc5)C(=O)[C@@H]42)[C@@H]3C=Cc2cc(OC)c(O)c(OC)c2)cc1. The van der Waals surface area contributed by atoms with E-state index >= 15 is 4.79 Å². The first-order chi connectivity index (χ1) is 28.3. The van der Waals surface area contributed by atoms with Gasteiger partial charge in [0.25, 0.3) is 11.8 Å². The molecule has 59 heavy (non-hydrogen) atoms. The van der Waals surface area contributed by atoms with Crippen molar-refractivity contribution in [2.24, 2.45) is 29.6 Å². The number of hydrazine groups is 1. The van der Waals surface area contributed by atoms with Crippen LogP contribution in [0.5, 0.6) is 23.0 Å².